The Bertz CT molecular complexity index is 1360. The fourth-order valence-electron chi connectivity index (χ4n) is 6.25. The van der Waals surface area contributed by atoms with E-state index in [-0.39, 0.29) is 23.8 Å². The van der Waals surface area contributed by atoms with Gasteiger partial charge in [0.05, 0.1) is 18.2 Å². The molecule has 5 nitrogen and oxygen atoms in total. The van der Waals surface area contributed by atoms with Crippen LogP contribution in [0.15, 0.2) is 60.7 Å². The Hall–Kier alpha value is -3.53. The first-order valence-corrected chi connectivity index (χ1v) is 13.5. The number of fused-ring (bicyclic) bond motifs is 2. The minimum Gasteiger partial charge on any atom is -0.325 e. The van der Waals surface area contributed by atoms with Gasteiger partial charge in [-0.3, -0.25) is 9.69 Å². The van der Waals surface area contributed by atoms with Crippen molar-refractivity contribution in [1.29, 1.82) is 5.26 Å². The van der Waals surface area contributed by atoms with E-state index in [1.807, 2.05) is 31.2 Å². The highest BCUT2D eigenvalue weighted by atomic mass is 19.1. The number of anilines is 1. The molecule has 3 aromatic carbocycles. The summed E-state index contributed by atoms with van der Waals surface area (Å²) >= 11 is 0. The molecule has 0 bridgehead atoms. The molecule has 1 amide bonds. The number of aryl methyl sites for hydroxylation is 1. The Morgan fingerprint density at radius 3 is 2.53 bits per heavy atom. The summed E-state index contributed by atoms with van der Waals surface area (Å²) < 4.78 is 13.9. The SMILES string of the molecule is Cc1cc(F)cc(NC(=O)CN2CCc3cc(-c4cccc(C#N)c4)ccc3C23CCN(C(C)C)CC3)c1. The average molecular weight is 511 g/mol. The summed E-state index contributed by atoms with van der Waals surface area (Å²) in [5, 5.41) is 12.3. The maximum atomic E-state index is 13.9. The third kappa shape index (κ3) is 5.22. The van der Waals surface area contributed by atoms with Crippen molar-refractivity contribution in [2.24, 2.45) is 0 Å². The molecule has 0 saturated carbocycles. The highest BCUT2D eigenvalue weighted by Crippen LogP contribution is 2.44. The zero-order valence-corrected chi connectivity index (χ0v) is 22.4. The van der Waals surface area contributed by atoms with E-state index >= 15 is 0 Å². The topological polar surface area (TPSA) is 59.4 Å². The Morgan fingerprint density at radius 1 is 1.05 bits per heavy atom. The fraction of sp³-hybridized carbons (Fsp3) is 0.375. The monoisotopic (exact) mass is 510 g/mol. The molecule has 2 heterocycles. The molecule has 3 aromatic rings. The van der Waals surface area contributed by atoms with Gasteiger partial charge in [-0.25, -0.2) is 4.39 Å². The van der Waals surface area contributed by atoms with Gasteiger partial charge in [-0.2, -0.15) is 5.26 Å². The van der Waals surface area contributed by atoms with Crippen LogP contribution in [0.2, 0.25) is 0 Å². The molecule has 1 spiro atoms. The molecular weight excluding hydrogens is 475 g/mol. The van der Waals surface area contributed by atoms with Crippen molar-refractivity contribution in [3.05, 3.63) is 88.7 Å². The molecule has 2 aliphatic heterocycles. The number of carbonyl (C=O) groups is 1. The second-order valence-electron chi connectivity index (χ2n) is 11.0. The molecule has 1 fully saturated rings. The first-order chi connectivity index (χ1) is 18.3. The lowest BCUT2D eigenvalue weighted by Gasteiger charge is -2.53. The van der Waals surface area contributed by atoms with E-state index in [0.717, 1.165) is 55.6 Å². The summed E-state index contributed by atoms with van der Waals surface area (Å²) in [6.45, 7) is 9.30. The summed E-state index contributed by atoms with van der Waals surface area (Å²) in [6, 6.07) is 21.8. The van der Waals surface area contributed by atoms with Crippen molar-refractivity contribution < 1.29 is 9.18 Å². The first-order valence-electron chi connectivity index (χ1n) is 13.5. The van der Waals surface area contributed by atoms with Crippen LogP contribution >= 0.6 is 0 Å². The summed E-state index contributed by atoms with van der Waals surface area (Å²) in [4.78, 5) is 18.1. The smallest absolute Gasteiger partial charge is 0.238 e. The Labute approximate surface area is 224 Å². The number of piperidine rings is 1. The number of likely N-dealkylation sites (tertiary alicyclic amines) is 1. The lowest BCUT2D eigenvalue weighted by molar-refractivity contribution is -0.120. The molecule has 0 radical (unpaired) electrons. The molecule has 38 heavy (non-hydrogen) atoms. The predicted molar refractivity (Wildman–Crippen MR) is 149 cm³/mol. The number of benzene rings is 3. The van der Waals surface area contributed by atoms with Crippen molar-refractivity contribution in [3.63, 3.8) is 0 Å². The highest BCUT2D eigenvalue weighted by molar-refractivity contribution is 5.92. The Balaban J connectivity index is 1.45. The van der Waals surface area contributed by atoms with Crippen LogP contribution < -0.4 is 5.32 Å². The van der Waals surface area contributed by atoms with Crippen LogP contribution in [0.25, 0.3) is 11.1 Å². The number of carbonyl (C=O) groups excluding carboxylic acids is 1. The maximum Gasteiger partial charge on any atom is 0.238 e. The number of amides is 1. The van der Waals surface area contributed by atoms with Crippen molar-refractivity contribution >= 4 is 11.6 Å². The number of hydrogen-bond acceptors (Lipinski definition) is 4. The first kappa shape index (κ1) is 26.1. The van der Waals surface area contributed by atoms with Crippen LogP contribution in [0.3, 0.4) is 0 Å². The highest BCUT2D eigenvalue weighted by Gasteiger charge is 2.45. The molecule has 2 aliphatic rings. The molecule has 5 rings (SSSR count). The lowest BCUT2D eigenvalue weighted by atomic mass is 9.73. The van der Waals surface area contributed by atoms with Crippen LogP contribution in [0.1, 0.15) is 48.9 Å². The number of rotatable bonds is 5. The minimum absolute atomic E-state index is 0.117. The minimum atomic E-state index is -0.346. The number of hydrogen-bond donors (Lipinski definition) is 1. The van der Waals surface area contributed by atoms with Crippen molar-refractivity contribution in [3.8, 4) is 17.2 Å². The van der Waals surface area contributed by atoms with E-state index in [9.17, 15) is 14.4 Å². The van der Waals surface area contributed by atoms with Gasteiger partial charge >= 0.3 is 0 Å². The van der Waals surface area contributed by atoms with E-state index < -0.39 is 0 Å². The van der Waals surface area contributed by atoms with Gasteiger partial charge in [0.15, 0.2) is 0 Å². The fourth-order valence-corrected chi connectivity index (χ4v) is 6.25. The van der Waals surface area contributed by atoms with E-state index in [4.69, 9.17) is 0 Å². The zero-order valence-electron chi connectivity index (χ0n) is 22.4. The van der Waals surface area contributed by atoms with Gasteiger partial charge in [0.2, 0.25) is 5.91 Å². The van der Waals surface area contributed by atoms with Crippen LogP contribution in [0, 0.1) is 24.1 Å². The summed E-state index contributed by atoms with van der Waals surface area (Å²) in [5.74, 6) is -0.463. The van der Waals surface area contributed by atoms with Crippen LogP contribution in [-0.4, -0.2) is 47.9 Å². The zero-order chi connectivity index (χ0) is 26.9. The number of halogens is 1. The molecule has 0 aromatic heterocycles. The predicted octanol–water partition coefficient (Wildman–Crippen LogP) is 5.87. The summed E-state index contributed by atoms with van der Waals surface area (Å²) in [5.41, 5.74) is 6.50. The van der Waals surface area contributed by atoms with Crippen molar-refractivity contribution in [2.75, 3.05) is 31.5 Å². The third-order valence-electron chi connectivity index (χ3n) is 8.20. The van der Waals surface area contributed by atoms with Crippen molar-refractivity contribution in [1.82, 2.24) is 9.80 Å². The normalized spacial score (nSPS) is 17.3. The molecular formula is C32H35FN4O. The van der Waals surface area contributed by atoms with Gasteiger partial charge in [0, 0.05) is 36.9 Å². The van der Waals surface area contributed by atoms with E-state index in [0.29, 0.717) is 17.3 Å². The van der Waals surface area contributed by atoms with Gasteiger partial charge in [-0.1, -0.05) is 30.3 Å². The molecule has 1 N–H and O–H groups in total. The molecule has 0 aliphatic carbocycles. The Kier molecular flexibility index (Phi) is 7.34. The largest absolute Gasteiger partial charge is 0.325 e. The Morgan fingerprint density at radius 2 is 1.82 bits per heavy atom. The molecule has 196 valence electrons. The molecule has 1 saturated heterocycles. The quantitative estimate of drug-likeness (QED) is 0.467. The average Bonchev–Trinajstić information content (AvgIpc) is 2.90. The van der Waals surface area contributed by atoms with Crippen LogP contribution in [0.5, 0.6) is 0 Å². The molecule has 0 unspecified atom stereocenters. The summed E-state index contributed by atoms with van der Waals surface area (Å²) in [6.07, 6.45) is 2.75. The van der Waals surface area contributed by atoms with Gasteiger partial charge in [0.25, 0.3) is 0 Å². The standard InChI is InChI=1S/C32H35FN4O/c1-22(2)36-13-10-32(11-14-36)30-8-7-26(25-6-4-5-24(17-25)20-34)18-27(30)9-12-37(32)21-31(38)35-29-16-23(3)15-28(33)19-29/h4-8,15-19,22H,9-14,21H2,1-3H3,(H,35,38). The maximum absolute atomic E-state index is 13.9. The second kappa shape index (κ2) is 10.7. The second-order valence-corrected chi connectivity index (χ2v) is 11.0. The van der Waals surface area contributed by atoms with Gasteiger partial charge in [-0.05, 0) is 98.2 Å². The lowest BCUT2D eigenvalue weighted by Crippen LogP contribution is -2.58. The molecule has 6 heteroatoms. The number of nitrogens with zero attached hydrogens (tertiary/aromatic N) is 3. The summed E-state index contributed by atoms with van der Waals surface area (Å²) in [7, 11) is 0. The van der Waals surface area contributed by atoms with Gasteiger partial charge < -0.3 is 10.2 Å². The van der Waals surface area contributed by atoms with Gasteiger partial charge in [-0.15, -0.1) is 0 Å². The van der Waals surface area contributed by atoms with E-state index in [2.05, 4.69) is 53.2 Å². The number of nitrogens with one attached hydrogen (secondary N) is 1. The third-order valence-corrected chi connectivity index (χ3v) is 8.20. The number of nitriles is 1. The van der Waals surface area contributed by atoms with Gasteiger partial charge in [0.1, 0.15) is 5.82 Å². The molecule has 0 atom stereocenters. The van der Waals surface area contributed by atoms with Crippen LogP contribution in [0.4, 0.5) is 10.1 Å². The van der Waals surface area contributed by atoms with E-state index in [1.54, 1.807) is 6.07 Å². The van der Waals surface area contributed by atoms with Crippen LogP contribution in [-0.2, 0) is 16.8 Å². The van der Waals surface area contributed by atoms with E-state index in [1.165, 1.54) is 23.3 Å². The van der Waals surface area contributed by atoms with Crippen molar-refractivity contribution in [2.45, 2.75) is 51.6 Å².